The molecule has 0 atom stereocenters. The van der Waals surface area contributed by atoms with Gasteiger partial charge in [-0.05, 0) is 49.6 Å². The highest BCUT2D eigenvalue weighted by Crippen LogP contribution is 2.22. The summed E-state index contributed by atoms with van der Waals surface area (Å²) in [6.45, 7) is 6.75. The Hall–Kier alpha value is -2.20. The van der Waals surface area contributed by atoms with E-state index in [-0.39, 0.29) is 6.03 Å². The molecule has 0 radical (unpaired) electrons. The van der Waals surface area contributed by atoms with Gasteiger partial charge in [-0.1, -0.05) is 35.9 Å². The lowest BCUT2D eigenvalue weighted by molar-refractivity contribution is 0.247. The summed E-state index contributed by atoms with van der Waals surface area (Å²) in [6, 6.07) is 11.1. The molecule has 2 amide bonds. The van der Waals surface area contributed by atoms with Crippen LogP contribution in [0.25, 0.3) is 0 Å². The molecule has 0 saturated carbocycles. The largest absolute Gasteiger partial charge is 0.491 e. The van der Waals surface area contributed by atoms with Gasteiger partial charge in [0.15, 0.2) is 0 Å². The summed E-state index contributed by atoms with van der Waals surface area (Å²) in [4.78, 5) is 11.8. The monoisotopic (exact) mass is 332 g/mol. The number of hydrogen-bond acceptors (Lipinski definition) is 2. The van der Waals surface area contributed by atoms with E-state index in [9.17, 15) is 4.79 Å². The topological polar surface area (TPSA) is 50.4 Å². The molecule has 0 fully saturated rings. The lowest BCUT2D eigenvalue weighted by atomic mass is 10.1. The van der Waals surface area contributed by atoms with E-state index in [4.69, 9.17) is 16.3 Å². The zero-order valence-corrected chi connectivity index (χ0v) is 14.3. The summed E-state index contributed by atoms with van der Waals surface area (Å²) in [5, 5.41) is 6.12. The number of halogens is 1. The SMILES string of the molecule is Cc1ccc(NC(=O)NCCOc2c(C)cccc2C)cc1Cl. The van der Waals surface area contributed by atoms with Crippen LogP contribution in [0.15, 0.2) is 36.4 Å². The first kappa shape index (κ1) is 17.2. The second-order valence-corrected chi connectivity index (χ2v) is 5.82. The molecule has 2 rings (SSSR count). The zero-order chi connectivity index (χ0) is 16.8. The van der Waals surface area contributed by atoms with Gasteiger partial charge in [0.2, 0.25) is 0 Å². The minimum atomic E-state index is -0.282. The third-order valence-corrected chi connectivity index (χ3v) is 3.88. The molecule has 122 valence electrons. The number of anilines is 1. The molecule has 0 bridgehead atoms. The second kappa shape index (κ2) is 7.88. The molecule has 0 spiro atoms. The Bertz CT molecular complexity index is 681. The Balaban J connectivity index is 1.78. The van der Waals surface area contributed by atoms with E-state index in [0.29, 0.717) is 23.9 Å². The standard InChI is InChI=1S/C18H21ClN2O2/c1-12-7-8-15(11-16(12)19)21-18(22)20-9-10-23-17-13(2)5-4-6-14(17)3/h4-8,11H,9-10H2,1-3H3,(H2,20,21,22). The predicted octanol–water partition coefficient (Wildman–Crippen LogP) is 4.47. The molecular formula is C18H21ClN2O2. The molecule has 0 heterocycles. The first-order chi connectivity index (χ1) is 11.0. The molecule has 0 saturated heterocycles. The molecule has 23 heavy (non-hydrogen) atoms. The van der Waals surface area contributed by atoms with Crippen molar-refractivity contribution < 1.29 is 9.53 Å². The van der Waals surface area contributed by atoms with Crippen LogP contribution in [0, 0.1) is 20.8 Å². The lowest BCUT2D eigenvalue weighted by Crippen LogP contribution is -2.32. The van der Waals surface area contributed by atoms with E-state index >= 15 is 0 Å². The Kier molecular flexibility index (Phi) is 5.88. The minimum absolute atomic E-state index is 0.282. The van der Waals surface area contributed by atoms with Gasteiger partial charge < -0.3 is 15.4 Å². The molecular weight excluding hydrogens is 312 g/mol. The average molecular weight is 333 g/mol. The normalized spacial score (nSPS) is 10.3. The molecule has 0 aliphatic carbocycles. The highest BCUT2D eigenvalue weighted by molar-refractivity contribution is 6.31. The first-order valence-electron chi connectivity index (χ1n) is 7.47. The van der Waals surface area contributed by atoms with Crippen molar-refractivity contribution in [3.63, 3.8) is 0 Å². The van der Waals surface area contributed by atoms with E-state index in [0.717, 1.165) is 22.4 Å². The number of benzene rings is 2. The Morgan fingerprint density at radius 3 is 2.43 bits per heavy atom. The van der Waals surface area contributed by atoms with Gasteiger partial charge in [0.05, 0.1) is 6.54 Å². The van der Waals surface area contributed by atoms with Crippen LogP contribution >= 0.6 is 11.6 Å². The number of nitrogens with one attached hydrogen (secondary N) is 2. The van der Waals surface area contributed by atoms with Crippen LogP contribution < -0.4 is 15.4 Å². The quantitative estimate of drug-likeness (QED) is 0.794. The summed E-state index contributed by atoms with van der Waals surface area (Å²) < 4.78 is 5.74. The number of amides is 2. The molecule has 0 aliphatic rings. The summed E-state index contributed by atoms with van der Waals surface area (Å²) in [5.41, 5.74) is 3.81. The molecule has 0 aromatic heterocycles. The van der Waals surface area contributed by atoms with Gasteiger partial charge in [0.25, 0.3) is 0 Å². The smallest absolute Gasteiger partial charge is 0.319 e. The summed E-state index contributed by atoms with van der Waals surface area (Å²) >= 11 is 6.03. The third-order valence-electron chi connectivity index (χ3n) is 3.47. The minimum Gasteiger partial charge on any atom is -0.491 e. The van der Waals surface area contributed by atoms with Crippen LogP contribution in [0.2, 0.25) is 5.02 Å². The van der Waals surface area contributed by atoms with E-state index < -0.39 is 0 Å². The van der Waals surface area contributed by atoms with Crippen LogP contribution in [0.1, 0.15) is 16.7 Å². The number of rotatable bonds is 5. The van der Waals surface area contributed by atoms with Gasteiger partial charge in [0.1, 0.15) is 12.4 Å². The van der Waals surface area contributed by atoms with Gasteiger partial charge in [-0.2, -0.15) is 0 Å². The van der Waals surface area contributed by atoms with Crippen molar-refractivity contribution in [3.05, 3.63) is 58.1 Å². The van der Waals surface area contributed by atoms with Gasteiger partial charge in [-0.25, -0.2) is 4.79 Å². The number of carbonyl (C=O) groups is 1. The fourth-order valence-electron chi connectivity index (χ4n) is 2.19. The summed E-state index contributed by atoms with van der Waals surface area (Å²) in [6.07, 6.45) is 0. The van der Waals surface area contributed by atoms with Crippen molar-refractivity contribution in [1.82, 2.24) is 5.32 Å². The number of hydrogen-bond donors (Lipinski definition) is 2. The van der Waals surface area contributed by atoms with Crippen molar-refractivity contribution in [3.8, 4) is 5.75 Å². The second-order valence-electron chi connectivity index (χ2n) is 5.41. The number of ether oxygens (including phenoxy) is 1. The van der Waals surface area contributed by atoms with Crippen molar-refractivity contribution in [2.24, 2.45) is 0 Å². The Morgan fingerprint density at radius 2 is 1.78 bits per heavy atom. The third kappa shape index (κ3) is 4.89. The maximum atomic E-state index is 11.8. The van der Waals surface area contributed by atoms with Gasteiger partial charge in [-0.3, -0.25) is 0 Å². The maximum absolute atomic E-state index is 11.8. The molecule has 5 heteroatoms. The Labute approximate surface area is 141 Å². The number of para-hydroxylation sites is 1. The number of urea groups is 1. The van der Waals surface area contributed by atoms with Gasteiger partial charge >= 0.3 is 6.03 Å². The van der Waals surface area contributed by atoms with E-state index in [1.807, 2.05) is 51.1 Å². The molecule has 2 N–H and O–H groups in total. The van der Waals surface area contributed by atoms with E-state index in [2.05, 4.69) is 10.6 Å². The number of carbonyl (C=O) groups excluding carboxylic acids is 1. The molecule has 0 aliphatic heterocycles. The van der Waals surface area contributed by atoms with Crippen molar-refractivity contribution in [2.75, 3.05) is 18.5 Å². The fraction of sp³-hybridized carbons (Fsp3) is 0.278. The average Bonchev–Trinajstić information content (AvgIpc) is 2.50. The summed E-state index contributed by atoms with van der Waals surface area (Å²) in [5.74, 6) is 0.875. The van der Waals surface area contributed by atoms with E-state index in [1.165, 1.54) is 0 Å². The maximum Gasteiger partial charge on any atom is 0.319 e. The van der Waals surface area contributed by atoms with Crippen LogP contribution in [0.3, 0.4) is 0 Å². The van der Waals surface area contributed by atoms with Crippen molar-refractivity contribution in [1.29, 1.82) is 0 Å². The van der Waals surface area contributed by atoms with Gasteiger partial charge in [-0.15, -0.1) is 0 Å². The van der Waals surface area contributed by atoms with Gasteiger partial charge in [0, 0.05) is 10.7 Å². The van der Waals surface area contributed by atoms with Crippen LogP contribution in [0.5, 0.6) is 5.75 Å². The molecule has 2 aromatic carbocycles. The van der Waals surface area contributed by atoms with Crippen LogP contribution in [-0.4, -0.2) is 19.2 Å². The first-order valence-corrected chi connectivity index (χ1v) is 7.85. The summed E-state index contributed by atoms with van der Waals surface area (Å²) in [7, 11) is 0. The van der Waals surface area contributed by atoms with Crippen molar-refractivity contribution >= 4 is 23.3 Å². The molecule has 0 unspecified atom stereocenters. The fourth-order valence-corrected chi connectivity index (χ4v) is 2.37. The molecule has 4 nitrogen and oxygen atoms in total. The zero-order valence-electron chi connectivity index (χ0n) is 13.6. The number of aryl methyl sites for hydroxylation is 3. The van der Waals surface area contributed by atoms with Crippen LogP contribution in [-0.2, 0) is 0 Å². The lowest BCUT2D eigenvalue weighted by Gasteiger charge is -2.13. The predicted molar refractivity (Wildman–Crippen MR) is 94.6 cm³/mol. The molecule has 2 aromatic rings. The van der Waals surface area contributed by atoms with E-state index in [1.54, 1.807) is 6.07 Å². The highest BCUT2D eigenvalue weighted by Gasteiger charge is 2.05. The van der Waals surface area contributed by atoms with Crippen molar-refractivity contribution in [2.45, 2.75) is 20.8 Å². The highest BCUT2D eigenvalue weighted by atomic mass is 35.5. The Morgan fingerprint density at radius 1 is 1.09 bits per heavy atom. The van der Waals surface area contributed by atoms with Crippen LogP contribution in [0.4, 0.5) is 10.5 Å².